The van der Waals surface area contributed by atoms with E-state index in [1.54, 1.807) is 7.11 Å². The molecule has 0 spiro atoms. The van der Waals surface area contributed by atoms with Crippen LogP contribution in [0, 0.1) is 16.7 Å². The number of carbonyl (C=O) groups excluding carboxylic acids is 1. The molecule has 3 nitrogen and oxygen atoms in total. The van der Waals surface area contributed by atoms with Crippen molar-refractivity contribution in [2.24, 2.45) is 16.7 Å². The van der Waals surface area contributed by atoms with Gasteiger partial charge in [0.2, 0.25) is 0 Å². The number of hydrogen-bond acceptors (Lipinski definition) is 3. The van der Waals surface area contributed by atoms with Crippen LogP contribution in [-0.2, 0) is 9.53 Å². The molecule has 2 aliphatic carbocycles. The number of methoxy groups -OCH3 is 1. The van der Waals surface area contributed by atoms with Gasteiger partial charge in [-0.3, -0.25) is 4.79 Å². The van der Waals surface area contributed by atoms with Crippen LogP contribution >= 0.6 is 0 Å². The maximum atomic E-state index is 11.6. The average molecular weight is 314 g/mol. The number of carbonyl (C=O) groups is 1. The highest BCUT2D eigenvalue weighted by Crippen LogP contribution is 2.68. The molecule has 23 heavy (non-hydrogen) atoms. The predicted molar refractivity (Wildman–Crippen MR) is 91.1 cm³/mol. The van der Waals surface area contributed by atoms with Crippen LogP contribution in [0.15, 0.2) is 29.8 Å². The molecule has 2 fully saturated rings. The summed E-state index contributed by atoms with van der Waals surface area (Å²) >= 11 is 0. The monoisotopic (exact) mass is 314 g/mol. The molecule has 1 aromatic rings. The summed E-state index contributed by atoms with van der Waals surface area (Å²) in [5.74, 6) is 1.13. The normalized spacial score (nSPS) is 33.0. The number of benzene rings is 1. The summed E-state index contributed by atoms with van der Waals surface area (Å²) in [5.41, 5.74) is 2.56. The van der Waals surface area contributed by atoms with Gasteiger partial charge >= 0.3 is 5.97 Å². The van der Waals surface area contributed by atoms with Gasteiger partial charge in [-0.2, -0.15) is 0 Å². The highest BCUT2D eigenvalue weighted by molar-refractivity contribution is 5.68. The quantitative estimate of drug-likeness (QED) is 0.772. The van der Waals surface area contributed by atoms with Crippen molar-refractivity contribution in [3.63, 3.8) is 0 Å². The van der Waals surface area contributed by atoms with Gasteiger partial charge in [-0.05, 0) is 47.4 Å². The second kappa shape index (κ2) is 5.40. The number of hydrogen-bond donors (Lipinski definition) is 0. The van der Waals surface area contributed by atoms with Crippen molar-refractivity contribution < 1.29 is 14.3 Å². The van der Waals surface area contributed by atoms with Gasteiger partial charge in [-0.15, -0.1) is 0 Å². The van der Waals surface area contributed by atoms with E-state index < -0.39 is 0 Å². The summed E-state index contributed by atoms with van der Waals surface area (Å²) < 4.78 is 11.0. The third-order valence-electron chi connectivity index (χ3n) is 6.31. The van der Waals surface area contributed by atoms with Crippen molar-refractivity contribution in [1.82, 2.24) is 0 Å². The zero-order valence-corrected chi connectivity index (χ0v) is 14.7. The highest BCUT2D eigenvalue weighted by atomic mass is 16.5. The van der Waals surface area contributed by atoms with Crippen molar-refractivity contribution in [2.45, 2.75) is 46.6 Å². The van der Waals surface area contributed by atoms with Gasteiger partial charge in [0.05, 0.1) is 7.11 Å². The van der Waals surface area contributed by atoms with E-state index >= 15 is 0 Å². The van der Waals surface area contributed by atoms with Crippen LogP contribution in [0.2, 0.25) is 0 Å². The second-order valence-corrected chi connectivity index (χ2v) is 7.64. The Labute approximate surface area is 138 Å². The Hall–Kier alpha value is -1.77. The van der Waals surface area contributed by atoms with Crippen LogP contribution in [-0.4, -0.2) is 19.2 Å². The lowest BCUT2D eigenvalue weighted by atomic mass is 9.70. The van der Waals surface area contributed by atoms with Crippen molar-refractivity contribution in [3.8, 4) is 5.75 Å². The van der Waals surface area contributed by atoms with Crippen LogP contribution in [0.4, 0.5) is 0 Å². The Morgan fingerprint density at radius 3 is 2.43 bits per heavy atom. The molecule has 1 aromatic carbocycles. The maximum Gasteiger partial charge on any atom is 0.303 e. The fourth-order valence-corrected chi connectivity index (χ4v) is 4.56. The summed E-state index contributed by atoms with van der Waals surface area (Å²) in [5, 5.41) is 0. The molecule has 0 saturated heterocycles. The molecule has 2 bridgehead atoms. The molecule has 0 N–H and O–H groups in total. The van der Waals surface area contributed by atoms with Gasteiger partial charge in [-0.1, -0.05) is 39.0 Å². The molecule has 2 aliphatic rings. The Bertz CT molecular complexity index is 641. The molecular formula is C20H26O3. The third-order valence-corrected chi connectivity index (χ3v) is 6.31. The largest absolute Gasteiger partial charge is 0.497 e. The Morgan fingerprint density at radius 2 is 1.87 bits per heavy atom. The van der Waals surface area contributed by atoms with Crippen molar-refractivity contribution in [3.05, 3.63) is 35.4 Å². The van der Waals surface area contributed by atoms with Crippen molar-refractivity contribution in [1.29, 1.82) is 0 Å². The Balaban J connectivity index is 2.01. The summed E-state index contributed by atoms with van der Waals surface area (Å²) in [6.45, 7) is 8.41. The first-order valence-electron chi connectivity index (χ1n) is 8.32. The van der Waals surface area contributed by atoms with E-state index in [0.29, 0.717) is 5.92 Å². The van der Waals surface area contributed by atoms with Crippen LogP contribution in [0.3, 0.4) is 0 Å². The van der Waals surface area contributed by atoms with E-state index in [0.717, 1.165) is 17.7 Å². The first-order chi connectivity index (χ1) is 10.8. The molecule has 0 radical (unpaired) electrons. The van der Waals surface area contributed by atoms with E-state index in [-0.39, 0.29) is 22.9 Å². The minimum Gasteiger partial charge on any atom is -0.497 e. The molecule has 2 saturated carbocycles. The summed E-state index contributed by atoms with van der Waals surface area (Å²) in [6, 6.07) is 8.04. The lowest BCUT2D eigenvalue weighted by Gasteiger charge is -2.38. The first kappa shape index (κ1) is 16.1. The number of fused-ring (bicyclic) bond motifs is 2. The zero-order chi connectivity index (χ0) is 16.8. The summed E-state index contributed by atoms with van der Waals surface area (Å²) in [7, 11) is 1.67. The fraction of sp³-hybridized carbons (Fsp3) is 0.550. The molecule has 0 aromatic heterocycles. The van der Waals surface area contributed by atoms with E-state index in [1.165, 1.54) is 18.9 Å². The van der Waals surface area contributed by atoms with E-state index in [4.69, 9.17) is 9.47 Å². The Morgan fingerprint density at radius 1 is 1.22 bits per heavy atom. The predicted octanol–water partition coefficient (Wildman–Crippen LogP) is 4.47. The second-order valence-electron chi connectivity index (χ2n) is 7.64. The Kier molecular flexibility index (Phi) is 3.78. The fourth-order valence-electron chi connectivity index (χ4n) is 4.56. The summed E-state index contributed by atoms with van der Waals surface area (Å²) in [4.78, 5) is 11.6. The van der Waals surface area contributed by atoms with Crippen LogP contribution in [0.5, 0.6) is 5.75 Å². The average Bonchev–Trinajstić information content (AvgIpc) is 2.81. The number of esters is 1. The lowest BCUT2D eigenvalue weighted by molar-refractivity contribution is -0.151. The topological polar surface area (TPSA) is 35.5 Å². The van der Waals surface area contributed by atoms with Gasteiger partial charge in [0, 0.05) is 12.3 Å². The molecule has 0 aliphatic heterocycles. The van der Waals surface area contributed by atoms with Gasteiger partial charge in [0.25, 0.3) is 0 Å². The lowest BCUT2D eigenvalue weighted by Crippen LogP contribution is -2.38. The highest BCUT2D eigenvalue weighted by Gasteiger charge is 2.65. The number of rotatable bonds is 3. The minimum absolute atomic E-state index is 0.0155. The molecule has 0 unspecified atom stereocenters. The van der Waals surface area contributed by atoms with Crippen LogP contribution in [0.1, 0.15) is 46.1 Å². The molecule has 3 atom stereocenters. The summed E-state index contributed by atoms with van der Waals surface area (Å²) in [6.07, 6.45) is 4.38. The SMILES string of the molecule is COc1ccc(/C=C2\[C@H]3CC[C@@](C)([C@@H]2OC(C)=O)C3(C)C)cc1. The molecule has 124 valence electrons. The molecule has 3 heteroatoms. The van der Waals surface area contributed by atoms with Crippen molar-refractivity contribution in [2.75, 3.05) is 7.11 Å². The van der Waals surface area contributed by atoms with Gasteiger partial charge < -0.3 is 9.47 Å². The first-order valence-corrected chi connectivity index (χ1v) is 8.32. The minimum atomic E-state index is -0.194. The van der Waals surface area contributed by atoms with E-state index in [9.17, 15) is 4.79 Å². The van der Waals surface area contributed by atoms with E-state index in [1.807, 2.05) is 12.1 Å². The smallest absolute Gasteiger partial charge is 0.303 e. The number of ether oxygens (including phenoxy) is 2. The van der Waals surface area contributed by atoms with Gasteiger partial charge in [0.15, 0.2) is 0 Å². The zero-order valence-electron chi connectivity index (χ0n) is 14.7. The third kappa shape index (κ3) is 2.37. The van der Waals surface area contributed by atoms with Gasteiger partial charge in [-0.25, -0.2) is 0 Å². The molecule has 0 heterocycles. The van der Waals surface area contributed by atoms with Gasteiger partial charge in [0.1, 0.15) is 11.9 Å². The van der Waals surface area contributed by atoms with Crippen molar-refractivity contribution >= 4 is 12.0 Å². The molecular weight excluding hydrogens is 288 g/mol. The van der Waals surface area contributed by atoms with E-state index in [2.05, 4.69) is 39.0 Å². The molecule has 0 amide bonds. The molecule has 3 rings (SSSR count). The maximum absolute atomic E-state index is 11.6. The van der Waals surface area contributed by atoms with Crippen LogP contribution in [0.25, 0.3) is 6.08 Å². The standard InChI is InChI=1S/C20H26O3/c1-13(21)23-18-16(12-14-6-8-15(22-5)9-7-14)17-10-11-20(18,4)19(17,2)3/h6-9,12,17-18H,10-11H2,1-5H3/b16-12+/t17-,18-,20+/m1/s1. The van der Waals surface area contributed by atoms with Crippen LogP contribution < -0.4 is 4.74 Å².